The first-order chi connectivity index (χ1) is 25.3. The molecule has 0 bridgehead atoms. The molecule has 11 aromatic rings. The molecule has 0 spiro atoms. The van der Waals surface area contributed by atoms with Gasteiger partial charge in [-0.05, 0) is 101 Å². The van der Waals surface area contributed by atoms with Gasteiger partial charge in [-0.15, -0.1) is 0 Å². The number of hydrogen-bond acceptors (Lipinski definition) is 1. The van der Waals surface area contributed by atoms with E-state index < -0.39 is 0 Å². The summed E-state index contributed by atoms with van der Waals surface area (Å²) in [5.41, 5.74) is 9.00. The van der Waals surface area contributed by atoms with Crippen molar-refractivity contribution < 1.29 is 0 Å². The van der Waals surface area contributed by atoms with Crippen molar-refractivity contribution in [2.45, 2.75) is 0 Å². The monoisotopic (exact) mass is 644 g/mol. The third kappa shape index (κ3) is 3.86. The van der Waals surface area contributed by atoms with Crippen molar-refractivity contribution in [3.63, 3.8) is 0 Å². The Kier molecular flexibility index (Phi) is 5.77. The summed E-state index contributed by atoms with van der Waals surface area (Å²) in [6, 6.07) is 63.9. The molecule has 0 unspecified atom stereocenters. The molecule has 11 rings (SSSR count). The Morgan fingerprint density at radius 3 is 1.59 bits per heavy atom. The molecule has 0 saturated carbocycles. The van der Waals surface area contributed by atoms with Gasteiger partial charge in [0.25, 0.3) is 0 Å². The lowest BCUT2D eigenvalue weighted by Crippen LogP contribution is -1.94. The van der Waals surface area contributed by atoms with E-state index in [0.29, 0.717) is 5.56 Å². The van der Waals surface area contributed by atoms with Crippen LogP contribution in [0.25, 0.3) is 104 Å². The minimum atomic E-state index is 0.697. The summed E-state index contributed by atoms with van der Waals surface area (Å²) in [5, 5.41) is 24.6. The average molecular weight is 645 g/mol. The second-order valence-electron chi connectivity index (χ2n) is 13.5. The van der Waals surface area contributed by atoms with Crippen LogP contribution in [0.4, 0.5) is 0 Å². The van der Waals surface area contributed by atoms with Crippen molar-refractivity contribution in [3.05, 3.63) is 175 Å². The largest absolute Gasteiger partial charge is 0.309 e. The van der Waals surface area contributed by atoms with Gasteiger partial charge in [0.05, 0.1) is 22.7 Å². The summed E-state index contributed by atoms with van der Waals surface area (Å²) in [6.45, 7) is 0. The Labute approximate surface area is 294 Å². The molecule has 2 nitrogen and oxygen atoms in total. The minimum Gasteiger partial charge on any atom is -0.309 e. The fraction of sp³-hybridized carbons (Fsp3) is 0. The van der Waals surface area contributed by atoms with E-state index in [1.165, 1.54) is 76.1 Å². The van der Waals surface area contributed by atoms with Gasteiger partial charge in [-0.3, -0.25) is 0 Å². The predicted molar refractivity (Wildman–Crippen MR) is 215 cm³/mol. The zero-order valence-electron chi connectivity index (χ0n) is 27.6. The number of rotatable bonds is 3. The number of hydrogen-bond donors (Lipinski definition) is 0. The minimum absolute atomic E-state index is 0.697. The first-order valence-electron chi connectivity index (χ1n) is 17.4. The summed E-state index contributed by atoms with van der Waals surface area (Å²) in [4.78, 5) is 0. The summed E-state index contributed by atoms with van der Waals surface area (Å²) in [5.74, 6) is 0. The van der Waals surface area contributed by atoms with E-state index in [4.69, 9.17) is 0 Å². The molecule has 10 aromatic carbocycles. The maximum atomic E-state index is 10.2. The second kappa shape index (κ2) is 10.5. The molecule has 1 heterocycles. The van der Waals surface area contributed by atoms with Crippen LogP contribution in [0.1, 0.15) is 5.56 Å². The Morgan fingerprint density at radius 1 is 0.373 bits per heavy atom. The maximum Gasteiger partial charge on any atom is 0.0998 e. The van der Waals surface area contributed by atoms with Crippen molar-refractivity contribution in [1.29, 1.82) is 5.26 Å². The zero-order chi connectivity index (χ0) is 33.6. The molecule has 0 radical (unpaired) electrons. The van der Waals surface area contributed by atoms with Gasteiger partial charge in [0, 0.05) is 21.8 Å². The Balaban J connectivity index is 1.27. The maximum absolute atomic E-state index is 10.2. The summed E-state index contributed by atoms with van der Waals surface area (Å²) in [7, 11) is 0. The van der Waals surface area contributed by atoms with E-state index in [-0.39, 0.29) is 0 Å². The van der Waals surface area contributed by atoms with Crippen LogP contribution in [0.5, 0.6) is 0 Å². The molecule has 0 aliphatic carbocycles. The van der Waals surface area contributed by atoms with Crippen molar-refractivity contribution in [2.75, 3.05) is 0 Å². The van der Waals surface area contributed by atoms with Gasteiger partial charge < -0.3 is 4.57 Å². The smallest absolute Gasteiger partial charge is 0.0998 e. The molecule has 1 aromatic heterocycles. The lowest BCUT2D eigenvalue weighted by Gasteiger charge is -2.20. The van der Waals surface area contributed by atoms with Crippen LogP contribution >= 0.6 is 0 Å². The van der Waals surface area contributed by atoms with Gasteiger partial charge in [-0.1, -0.05) is 140 Å². The van der Waals surface area contributed by atoms with Crippen LogP contribution < -0.4 is 0 Å². The molecular weight excluding hydrogens is 617 g/mol. The number of nitrogens with zero attached hydrogens (tertiary/aromatic N) is 2. The number of nitriles is 1. The summed E-state index contributed by atoms with van der Waals surface area (Å²) >= 11 is 0. The van der Waals surface area contributed by atoms with Crippen LogP contribution in [0.2, 0.25) is 0 Å². The summed E-state index contributed by atoms with van der Waals surface area (Å²) in [6.07, 6.45) is 0. The first-order valence-corrected chi connectivity index (χ1v) is 17.4. The Bertz CT molecular complexity index is 3200. The highest BCUT2D eigenvalue weighted by atomic mass is 15.0. The molecule has 0 amide bonds. The number of benzene rings is 10. The molecule has 234 valence electrons. The highest BCUT2D eigenvalue weighted by Crippen LogP contribution is 2.49. The zero-order valence-corrected chi connectivity index (χ0v) is 27.6. The predicted octanol–water partition coefficient (Wildman–Crippen LogP) is 13.2. The van der Waals surface area contributed by atoms with Crippen LogP contribution in [0, 0.1) is 11.3 Å². The second-order valence-corrected chi connectivity index (χ2v) is 13.5. The third-order valence-corrected chi connectivity index (χ3v) is 11.0. The van der Waals surface area contributed by atoms with Gasteiger partial charge in [0.2, 0.25) is 0 Å². The van der Waals surface area contributed by atoms with Crippen molar-refractivity contribution >= 4 is 75.7 Å². The van der Waals surface area contributed by atoms with Gasteiger partial charge in [0.15, 0.2) is 0 Å². The molecule has 51 heavy (non-hydrogen) atoms. The quantitative estimate of drug-likeness (QED) is 0.139. The van der Waals surface area contributed by atoms with Gasteiger partial charge in [-0.25, -0.2) is 0 Å². The van der Waals surface area contributed by atoms with Crippen LogP contribution in [-0.2, 0) is 0 Å². The molecule has 2 heteroatoms. The average Bonchev–Trinajstić information content (AvgIpc) is 3.54. The molecule has 0 aliphatic heterocycles. The molecule has 0 saturated heterocycles. The topological polar surface area (TPSA) is 28.7 Å². The van der Waals surface area contributed by atoms with E-state index in [1.54, 1.807) is 0 Å². The standard InChI is InChI=1S/C49H28N2/c50-29-33-21-26-44-48-36(33)23-24-43-42(25-27-45(49(43)48)51(44)34-22-20-30-10-1-2-12-32(30)28-34)47-40-17-7-5-15-38(40)46(39-16-6-8-18-41(39)47)37-19-9-13-31-11-3-4-14-35(31)37/h1-28H. The molecular formula is C49H28N2. The SMILES string of the molecule is N#Cc1ccc2c3c1ccc1c(-c4c5ccccc5c(-c5cccc6ccccc56)c5ccccc45)ccc(c13)n2-c1ccc2ccccc2c1. The van der Waals surface area contributed by atoms with Crippen molar-refractivity contribution in [3.8, 4) is 34.0 Å². The van der Waals surface area contributed by atoms with Gasteiger partial charge in [0.1, 0.15) is 0 Å². The molecule has 0 fully saturated rings. The van der Waals surface area contributed by atoms with Crippen LogP contribution in [0.3, 0.4) is 0 Å². The lowest BCUT2D eigenvalue weighted by molar-refractivity contribution is 1.19. The molecule has 0 N–H and O–H groups in total. The first kappa shape index (κ1) is 27.9. The van der Waals surface area contributed by atoms with Gasteiger partial charge in [-0.2, -0.15) is 5.26 Å². The van der Waals surface area contributed by atoms with Crippen LogP contribution in [-0.4, -0.2) is 4.57 Å². The van der Waals surface area contributed by atoms with E-state index in [2.05, 4.69) is 174 Å². The Morgan fingerprint density at radius 2 is 0.902 bits per heavy atom. The van der Waals surface area contributed by atoms with E-state index in [0.717, 1.165) is 27.5 Å². The fourth-order valence-electron chi connectivity index (χ4n) is 8.82. The highest BCUT2D eigenvalue weighted by Gasteiger charge is 2.23. The fourth-order valence-corrected chi connectivity index (χ4v) is 8.82. The van der Waals surface area contributed by atoms with E-state index >= 15 is 0 Å². The van der Waals surface area contributed by atoms with Crippen molar-refractivity contribution in [1.82, 2.24) is 4.57 Å². The number of fused-ring (bicyclic) bond motifs is 4. The highest BCUT2D eigenvalue weighted by molar-refractivity contribution is 6.31. The number of aromatic nitrogens is 1. The van der Waals surface area contributed by atoms with E-state index in [9.17, 15) is 5.26 Å². The Hall–Kier alpha value is -6.95. The molecule has 0 aliphatic rings. The lowest BCUT2D eigenvalue weighted by atomic mass is 9.83. The normalized spacial score (nSPS) is 11.9. The van der Waals surface area contributed by atoms with Crippen LogP contribution in [0.15, 0.2) is 170 Å². The van der Waals surface area contributed by atoms with E-state index in [1.807, 2.05) is 6.07 Å². The molecule has 0 atom stereocenters. The summed E-state index contributed by atoms with van der Waals surface area (Å²) < 4.78 is 2.38. The van der Waals surface area contributed by atoms with Crippen molar-refractivity contribution in [2.24, 2.45) is 0 Å². The van der Waals surface area contributed by atoms with Gasteiger partial charge >= 0.3 is 0 Å². The third-order valence-electron chi connectivity index (χ3n) is 11.0.